The van der Waals surface area contributed by atoms with Gasteiger partial charge in [0.05, 0.1) is 17.6 Å². The third-order valence-electron chi connectivity index (χ3n) is 4.13. The van der Waals surface area contributed by atoms with E-state index in [4.69, 9.17) is 0 Å². The molecule has 1 amide bonds. The molecule has 1 heterocycles. The van der Waals surface area contributed by atoms with Crippen LogP contribution in [0.2, 0.25) is 0 Å². The second-order valence-electron chi connectivity index (χ2n) is 5.74. The number of carbonyl (C=O) groups excluding carboxylic acids is 1. The minimum atomic E-state index is -1.01. The van der Waals surface area contributed by atoms with Crippen LogP contribution in [0.25, 0.3) is 0 Å². The fourth-order valence-electron chi connectivity index (χ4n) is 2.89. The maximum atomic E-state index is 11.6. The van der Waals surface area contributed by atoms with Crippen molar-refractivity contribution in [1.82, 2.24) is 4.90 Å². The molecule has 1 aliphatic heterocycles. The van der Waals surface area contributed by atoms with Crippen LogP contribution in [0.5, 0.6) is 0 Å². The van der Waals surface area contributed by atoms with E-state index in [1.165, 1.54) is 30.2 Å². The zero-order chi connectivity index (χ0) is 18.0. The van der Waals surface area contributed by atoms with Crippen LogP contribution in [0.1, 0.15) is 24.2 Å². The summed E-state index contributed by atoms with van der Waals surface area (Å²) in [6.45, 7) is 4.12. The molecule has 1 fully saturated rings. The maximum Gasteiger partial charge on any atom is 0.407 e. The molecular weight excluding hydrogens is 318 g/mol. The van der Waals surface area contributed by atoms with Crippen molar-refractivity contribution in [3.8, 4) is 0 Å². The molecule has 2 rings (SSSR count). The number of hydrogen-bond donors (Lipinski definition) is 1. The number of methoxy groups -OCH3 is 1. The van der Waals surface area contributed by atoms with Crippen molar-refractivity contribution in [2.45, 2.75) is 25.9 Å². The highest BCUT2D eigenvalue weighted by Gasteiger charge is 2.35. The first kappa shape index (κ1) is 17.5. The van der Waals surface area contributed by atoms with Crippen molar-refractivity contribution >= 4 is 23.4 Å². The number of carbonyl (C=O) groups is 2. The van der Waals surface area contributed by atoms with Gasteiger partial charge in [0.2, 0.25) is 0 Å². The highest BCUT2D eigenvalue weighted by atomic mass is 16.6. The number of piperazine rings is 1. The predicted octanol–water partition coefficient (Wildman–Crippen LogP) is 1.96. The van der Waals surface area contributed by atoms with Crippen molar-refractivity contribution in [2.75, 3.05) is 25.1 Å². The Morgan fingerprint density at radius 1 is 1.29 bits per heavy atom. The van der Waals surface area contributed by atoms with E-state index >= 15 is 0 Å². The van der Waals surface area contributed by atoms with Crippen molar-refractivity contribution in [2.24, 2.45) is 0 Å². The minimum Gasteiger partial charge on any atom is -0.465 e. The van der Waals surface area contributed by atoms with Crippen LogP contribution < -0.4 is 4.90 Å². The highest BCUT2D eigenvalue weighted by molar-refractivity contribution is 5.91. The van der Waals surface area contributed by atoms with E-state index in [9.17, 15) is 24.8 Å². The lowest BCUT2D eigenvalue weighted by molar-refractivity contribution is -0.384. The van der Waals surface area contributed by atoms with Crippen molar-refractivity contribution < 1.29 is 24.4 Å². The van der Waals surface area contributed by atoms with Gasteiger partial charge in [0.25, 0.3) is 5.69 Å². The highest BCUT2D eigenvalue weighted by Crippen LogP contribution is 2.33. The average Bonchev–Trinajstić information content (AvgIpc) is 2.55. The molecule has 0 aromatic heterocycles. The van der Waals surface area contributed by atoms with E-state index in [1.807, 2.05) is 0 Å². The first-order valence-corrected chi connectivity index (χ1v) is 7.39. The van der Waals surface area contributed by atoms with Gasteiger partial charge in [0.1, 0.15) is 5.69 Å². The normalized spacial score (nSPS) is 20.6. The van der Waals surface area contributed by atoms with Gasteiger partial charge in [-0.25, -0.2) is 9.59 Å². The van der Waals surface area contributed by atoms with Crippen LogP contribution in [0.4, 0.5) is 16.2 Å². The van der Waals surface area contributed by atoms with Crippen molar-refractivity contribution in [3.05, 3.63) is 33.9 Å². The van der Waals surface area contributed by atoms with Crippen LogP contribution >= 0.6 is 0 Å². The number of anilines is 1. The van der Waals surface area contributed by atoms with Gasteiger partial charge in [-0.15, -0.1) is 0 Å². The number of amides is 1. The molecule has 0 bridgehead atoms. The van der Waals surface area contributed by atoms with Gasteiger partial charge >= 0.3 is 12.1 Å². The van der Waals surface area contributed by atoms with E-state index in [0.717, 1.165) is 0 Å². The lowest BCUT2D eigenvalue weighted by atomic mass is 10.1. The first-order valence-electron chi connectivity index (χ1n) is 7.39. The molecule has 2 atom stereocenters. The van der Waals surface area contributed by atoms with Gasteiger partial charge in [0.15, 0.2) is 0 Å². The SMILES string of the molecule is COC(=O)c1ccc(N2C[C@@H](C)N(C(=O)O)C[C@@H]2C)c([N+](=O)[O-])c1. The number of benzene rings is 1. The quantitative estimate of drug-likeness (QED) is 0.509. The number of rotatable bonds is 3. The Morgan fingerprint density at radius 2 is 1.96 bits per heavy atom. The van der Waals surface area contributed by atoms with E-state index in [2.05, 4.69) is 4.74 Å². The topological polar surface area (TPSA) is 113 Å². The number of nitrogens with zero attached hydrogens (tertiary/aromatic N) is 3. The van der Waals surface area contributed by atoms with Gasteiger partial charge in [0, 0.05) is 31.2 Å². The second kappa shape index (κ2) is 6.73. The fraction of sp³-hybridized carbons (Fsp3) is 0.467. The molecule has 0 spiro atoms. The summed E-state index contributed by atoms with van der Waals surface area (Å²) in [6, 6.07) is 3.61. The summed E-state index contributed by atoms with van der Waals surface area (Å²) < 4.78 is 4.59. The molecule has 0 aliphatic carbocycles. The summed E-state index contributed by atoms with van der Waals surface area (Å²) in [7, 11) is 1.21. The Morgan fingerprint density at radius 3 is 2.50 bits per heavy atom. The number of hydrogen-bond acceptors (Lipinski definition) is 6. The molecule has 9 nitrogen and oxygen atoms in total. The monoisotopic (exact) mass is 337 g/mol. The molecule has 1 aromatic rings. The van der Waals surface area contributed by atoms with Gasteiger partial charge in [-0.05, 0) is 26.0 Å². The van der Waals surface area contributed by atoms with Crippen LogP contribution in [-0.2, 0) is 4.74 Å². The standard InChI is InChI=1S/C15H19N3O6/c1-9-8-17(15(20)21)10(2)7-16(9)12-5-4-11(14(19)24-3)6-13(12)18(22)23/h4-6,9-10H,7-8H2,1-3H3,(H,20,21)/t9-,10+/m0/s1. The zero-order valence-electron chi connectivity index (χ0n) is 13.6. The summed E-state index contributed by atoms with van der Waals surface area (Å²) in [5.41, 5.74) is 0.246. The summed E-state index contributed by atoms with van der Waals surface area (Å²) in [4.78, 5) is 36.8. The van der Waals surface area contributed by atoms with E-state index in [-0.39, 0.29) is 29.9 Å². The number of nitro groups is 1. The van der Waals surface area contributed by atoms with Crippen LogP contribution in [0.15, 0.2) is 18.2 Å². The summed E-state index contributed by atoms with van der Waals surface area (Å²) in [6.07, 6.45) is -1.01. The lowest BCUT2D eigenvalue weighted by Crippen LogP contribution is -2.58. The minimum absolute atomic E-state index is 0.0952. The molecule has 1 aliphatic rings. The first-order chi connectivity index (χ1) is 11.3. The third kappa shape index (κ3) is 3.24. The maximum absolute atomic E-state index is 11.6. The fourth-order valence-corrected chi connectivity index (χ4v) is 2.89. The number of nitro benzene ring substituents is 1. The van der Waals surface area contributed by atoms with Gasteiger partial charge in [-0.3, -0.25) is 10.1 Å². The Bertz CT molecular complexity index is 677. The summed E-state index contributed by atoms with van der Waals surface area (Å²) >= 11 is 0. The Kier molecular flexibility index (Phi) is 4.91. The molecule has 130 valence electrons. The number of esters is 1. The third-order valence-corrected chi connectivity index (χ3v) is 4.13. The Labute approximate surface area is 138 Å². The Balaban J connectivity index is 2.39. The molecule has 1 aromatic carbocycles. The van der Waals surface area contributed by atoms with Gasteiger partial charge in [-0.2, -0.15) is 0 Å². The smallest absolute Gasteiger partial charge is 0.407 e. The van der Waals surface area contributed by atoms with E-state index in [0.29, 0.717) is 12.2 Å². The average molecular weight is 337 g/mol. The molecule has 9 heteroatoms. The molecular formula is C15H19N3O6. The Hall–Kier alpha value is -2.84. The van der Waals surface area contributed by atoms with Gasteiger partial charge < -0.3 is 19.6 Å². The lowest BCUT2D eigenvalue weighted by Gasteiger charge is -2.43. The van der Waals surface area contributed by atoms with Crippen molar-refractivity contribution in [3.63, 3.8) is 0 Å². The van der Waals surface area contributed by atoms with Crippen LogP contribution in [0.3, 0.4) is 0 Å². The molecule has 0 saturated carbocycles. The predicted molar refractivity (Wildman–Crippen MR) is 85.4 cm³/mol. The zero-order valence-corrected chi connectivity index (χ0v) is 13.6. The second-order valence-corrected chi connectivity index (χ2v) is 5.74. The van der Waals surface area contributed by atoms with Crippen LogP contribution in [0, 0.1) is 10.1 Å². The van der Waals surface area contributed by atoms with Crippen LogP contribution in [-0.4, -0.2) is 59.3 Å². The molecule has 0 unspecified atom stereocenters. The molecule has 1 saturated heterocycles. The van der Waals surface area contributed by atoms with E-state index < -0.39 is 17.0 Å². The molecule has 1 N–H and O–H groups in total. The number of carboxylic acid groups (broad SMARTS) is 1. The number of ether oxygens (including phenoxy) is 1. The largest absolute Gasteiger partial charge is 0.465 e. The summed E-state index contributed by atoms with van der Waals surface area (Å²) in [5, 5.41) is 20.6. The summed E-state index contributed by atoms with van der Waals surface area (Å²) in [5.74, 6) is -0.651. The van der Waals surface area contributed by atoms with Gasteiger partial charge in [-0.1, -0.05) is 0 Å². The van der Waals surface area contributed by atoms with Crippen molar-refractivity contribution in [1.29, 1.82) is 0 Å². The van der Waals surface area contributed by atoms with E-state index in [1.54, 1.807) is 18.7 Å². The molecule has 24 heavy (non-hydrogen) atoms. The molecule has 0 radical (unpaired) electrons.